The quantitative estimate of drug-likeness (QED) is 0.657. The van der Waals surface area contributed by atoms with Crippen molar-refractivity contribution in [1.82, 2.24) is 10.2 Å². The fraction of sp³-hybridized carbons (Fsp3) is 0.500. The molecule has 21 heavy (non-hydrogen) atoms. The second-order valence-electron chi connectivity index (χ2n) is 5.22. The van der Waals surface area contributed by atoms with Crippen molar-refractivity contribution in [1.29, 1.82) is 0 Å². The third-order valence-corrected chi connectivity index (χ3v) is 3.72. The highest BCUT2D eigenvalue weighted by atomic mass is 16.6. The molecule has 1 aliphatic heterocycles. The number of hydrogen-bond acceptors (Lipinski definition) is 4. The largest absolute Gasteiger partial charge is 0.325 e. The number of non-ortho nitro benzene ring substituents is 1. The number of hydrogen-bond donors (Lipinski definition) is 2. The first-order valence-corrected chi connectivity index (χ1v) is 7.05. The molecule has 2 amide bonds. The number of nitro benzene ring substituents is 1. The smallest absolute Gasteiger partial charge is 0.321 e. The van der Waals surface area contributed by atoms with Gasteiger partial charge in [0.05, 0.1) is 4.92 Å². The maximum Gasteiger partial charge on any atom is 0.321 e. The molecular formula is C14H20N4O3. The monoisotopic (exact) mass is 292 g/mol. The van der Waals surface area contributed by atoms with E-state index in [0.29, 0.717) is 11.6 Å². The maximum atomic E-state index is 12.1. The van der Waals surface area contributed by atoms with Gasteiger partial charge in [-0.25, -0.2) is 4.79 Å². The van der Waals surface area contributed by atoms with E-state index in [-0.39, 0.29) is 11.7 Å². The van der Waals surface area contributed by atoms with Crippen molar-refractivity contribution < 1.29 is 9.72 Å². The molecule has 0 atom stereocenters. The zero-order valence-electron chi connectivity index (χ0n) is 12.0. The van der Waals surface area contributed by atoms with Gasteiger partial charge in [0.1, 0.15) is 0 Å². The van der Waals surface area contributed by atoms with Crippen LogP contribution in [0.1, 0.15) is 12.8 Å². The van der Waals surface area contributed by atoms with E-state index in [1.807, 2.05) is 7.05 Å². The summed E-state index contributed by atoms with van der Waals surface area (Å²) in [5, 5.41) is 16.5. The summed E-state index contributed by atoms with van der Waals surface area (Å²) in [5.41, 5.74) is 0.587. The van der Waals surface area contributed by atoms with Crippen molar-refractivity contribution >= 4 is 17.4 Å². The van der Waals surface area contributed by atoms with Gasteiger partial charge in [0.15, 0.2) is 0 Å². The first-order chi connectivity index (χ1) is 10.1. The zero-order chi connectivity index (χ0) is 15.2. The molecule has 0 radical (unpaired) electrons. The summed E-state index contributed by atoms with van der Waals surface area (Å²) in [5.74, 6) is 0.624. The third-order valence-electron chi connectivity index (χ3n) is 3.72. The number of carbonyl (C=O) groups is 1. The normalized spacial score (nSPS) is 15.8. The number of nitrogens with one attached hydrogen (secondary N) is 2. The van der Waals surface area contributed by atoms with Crippen LogP contribution in [0.4, 0.5) is 16.2 Å². The highest BCUT2D eigenvalue weighted by Gasteiger charge is 2.22. The molecule has 7 heteroatoms. The molecule has 1 heterocycles. The SMILES string of the molecule is CNCC1CCN(C(=O)Nc2ccc([N+](=O)[O-])cc2)CC1. The van der Waals surface area contributed by atoms with Crippen LogP contribution in [0, 0.1) is 16.0 Å². The molecule has 2 rings (SSSR count). The number of piperidine rings is 1. The van der Waals surface area contributed by atoms with Gasteiger partial charge in [0.25, 0.3) is 5.69 Å². The van der Waals surface area contributed by atoms with E-state index in [1.165, 1.54) is 12.1 Å². The number of benzene rings is 1. The van der Waals surface area contributed by atoms with E-state index in [4.69, 9.17) is 0 Å². The Morgan fingerprint density at radius 1 is 1.33 bits per heavy atom. The summed E-state index contributed by atoms with van der Waals surface area (Å²) >= 11 is 0. The van der Waals surface area contributed by atoms with E-state index >= 15 is 0 Å². The summed E-state index contributed by atoms with van der Waals surface area (Å²) in [4.78, 5) is 24.0. The molecule has 1 aromatic rings. The number of anilines is 1. The Labute approximate surface area is 123 Å². The topological polar surface area (TPSA) is 87.5 Å². The molecule has 0 saturated carbocycles. The number of nitrogens with zero attached hydrogens (tertiary/aromatic N) is 2. The molecule has 0 aromatic heterocycles. The molecule has 0 spiro atoms. The third kappa shape index (κ3) is 4.16. The van der Waals surface area contributed by atoms with Crippen molar-refractivity contribution in [2.75, 3.05) is 32.0 Å². The molecule has 114 valence electrons. The average molecular weight is 292 g/mol. The van der Waals surface area contributed by atoms with Crippen molar-refractivity contribution in [3.8, 4) is 0 Å². The number of nitro groups is 1. The maximum absolute atomic E-state index is 12.1. The van der Waals surface area contributed by atoms with Crippen LogP contribution in [0.2, 0.25) is 0 Å². The predicted octanol–water partition coefficient (Wildman–Crippen LogP) is 2.06. The van der Waals surface area contributed by atoms with E-state index < -0.39 is 4.92 Å². The van der Waals surface area contributed by atoms with Gasteiger partial charge in [-0.15, -0.1) is 0 Å². The molecule has 0 unspecified atom stereocenters. The zero-order valence-corrected chi connectivity index (χ0v) is 12.0. The van der Waals surface area contributed by atoms with Crippen LogP contribution in [0.3, 0.4) is 0 Å². The van der Waals surface area contributed by atoms with E-state index in [2.05, 4.69) is 10.6 Å². The van der Waals surface area contributed by atoms with Gasteiger partial charge in [-0.1, -0.05) is 0 Å². The van der Waals surface area contributed by atoms with Crippen molar-refractivity contribution in [3.63, 3.8) is 0 Å². The van der Waals surface area contributed by atoms with Crippen LogP contribution in [-0.2, 0) is 0 Å². The van der Waals surface area contributed by atoms with E-state index in [0.717, 1.165) is 32.5 Å². The minimum Gasteiger partial charge on any atom is -0.325 e. The van der Waals surface area contributed by atoms with Gasteiger partial charge in [-0.3, -0.25) is 10.1 Å². The highest BCUT2D eigenvalue weighted by Crippen LogP contribution is 2.19. The number of likely N-dealkylation sites (tertiary alicyclic amines) is 1. The summed E-state index contributed by atoms with van der Waals surface area (Å²) in [7, 11) is 1.94. The first-order valence-electron chi connectivity index (χ1n) is 7.05. The Bertz CT molecular complexity index is 495. The summed E-state index contributed by atoms with van der Waals surface area (Å²) in [6.07, 6.45) is 1.99. The van der Waals surface area contributed by atoms with Gasteiger partial charge in [0, 0.05) is 30.9 Å². The molecule has 0 bridgehead atoms. The fourth-order valence-corrected chi connectivity index (χ4v) is 2.50. The van der Waals surface area contributed by atoms with Crippen LogP contribution in [0.15, 0.2) is 24.3 Å². The Morgan fingerprint density at radius 3 is 2.48 bits per heavy atom. The van der Waals surface area contributed by atoms with Gasteiger partial charge in [0.2, 0.25) is 0 Å². The molecule has 1 aromatic carbocycles. The molecule has 2 N–H and O–H groups in total. The molecular weight excluding hydrogens is 272 g/mol. The Kier molecular flexibility index (Phi) is 5.10. The fourth-order valence-electron chi connectivity index (χ4n) is 2.50. The summed E-state index contributed by atoms with van der Waals surface area (Å²) in [6.45, 7) is 2.47. The van der Waals surface area contributed by atoms with Crippen LogP contribution >= 0.6 is 0 Å². The molecule has 1 saturated heterocycles. The minimum absolute atomic E-state index is 0.0147. The van der Waals surface area contributed by atoms with Crippen molar-refractivity contribution in [2.45, 2.75) is 12.8 Å². The van der Waals surface area contributed by atoms with E-state index in [9.17, 15) is 14.9 Å². The van der Waals surface area contributed by atoms with E-state index in [1.54, 1.807) is 17.0 Å². The Balaban J connectivity index is 1.86. The summed E-state index contributed by atoms with van der Waals surface area (Å²) < 4.78 is 0. The lowest BCUT2D eigenvalue weighted by atomic mass is 9.97. The highest BCUT2D eigenvalue weighted by molar-refractivity contribution is 5.89. The molecule has 1 fully saturated rings. The number of amides is 2. The number of carbonyl (C=O) groups excluding carboxylic acids is 1. The first kappa shape index (κ1) is 15.2. The minimum atomic E-state index is -0.460. The van der Waals surface area contributed by atoms with Crippen molar-refractivity contribution in [2.24, 2.45) is 5.92 Å². The van der Waals surface area contributed by atoms with Gasteiger partial charge in [-0.05, 0) is 44.5 Å². The predicted molar refractivity (Wildman–Crippen MR) is 80.3 cm³/mol. The number of rotatable bonds is 4. The lowest BCUT2D eigenvalue weighted by Crippen LogP contribution is -2.42. The Morgan fingerprint density at radius 2 is 1.95 bits per heavy atom. The van der Waals surface area contributed by atoms with Crippen molar-refractivity contribution in [3.05, 3.63) is 34.4 Å². The standard InChI is InChI=1S/C14H20N4O3/c1-15-10-11-6-8-17(9-7-11)14(19)16-12-2-4-13(5-3-12)18(20)21/h2-5,11,15H,6-10H2,1H3,(H,16,19). The molecule has 0 aliphatic carbocycles. The molecule has 7 nitrogen and oxygen atoms in total. The summed E-state index contributed by atoms with van der Waals surface area (Å²) in [6, 6.07) is 5.71. The van der Waals surface area contributed by atoms with Gasteiger partial charge < -0.3 is 15.5 Å². The van der Waals surface area contributed by atoms with Crippen LogP contribution in [0.5, 0.6) is 0 Å². The second-order valence-corrected chi connectivity index (χ2v) is 5.22. The second kappa shape index (κ2) is 7.03. The Hall–Kier alpha value is -2.15. The number of urea groups is 1. The van der Waals surface area contributed by atoms with Gasteiger partial charge in [-0.2, -0.15) is 0 Å². The lowest BCUT2D eigenvalue weighted by molar-refractivity contribution is -0.384. The van der Waals surface area contributed by atoms with Crippen LogP contribution in [0.25, 0.3) is 0 Å². The lowest BCUT2D eigenvalue weighted by Gasteiger charge is -2.31. The van der Waals surface area contributed by atoms with Crippen LogP contribution in [-0.4, -0.2) is 42.5 Å². The average Bonchev–Trinajstić information content (AvgIpc) is 2.49. The van der Waals surface area contributed by atoms with Gasteiger partial charge >= 0.3 is 6.03 Å². The van der Waals surface area contributed by atoms with Crippen LogP contribution < -0.4 is 10.6 Å². The molecule has 1 aliphatic rings.